The fraction of sp³-hybridized carbons (Fsp3) is 0.500. The third-order valence-corrected chi connectivity index (χ3v) is 4.92. The number of halogens is 1. The summed E-state index contributed by atoms with van der Waals surface area (Å²) in [5.74, 6) is 1.02. The topological polar surface area (TPSA) is 60.0 Å². The van der Waals surface area contributed by atoms with Crippen molar-refractivity contribution in [2.45, 2.75) is 38.5 Å². The third-order valence-electron chi connectivity index (χ3n) is 4.92. The lowest BCUT2D eigenvalue weighted by molar-refractivity contribution is 0.227. The second kappa shape index (κ2) is 6.22. The molecule has 0 atom stereocenters. The van der Waals surface area contributed by atoms with Crippen LogP contribution in [0.3, 0.4) is 0 Å². The monoisotopic (exact) mass is 343 g/mol. The van der Waals surface area contributed by atoms with E-state index in [-0.39, 0.29) is 17.7 Å². The summed E-state index contributed by atoms with van der Waals surface area (Å²) in [6, 6.07) is 5.02. The van der Waals surface area contributed by atoms with E-state index in [9.17, 15) is 4.39 Å². The first kappa shape index (κ1) is 16.2. The molecule has 0 saturated carbocycles. The summed E-state index contributed by atoms with van der Waals surface area (Å²) in [5, 5.41) is 9.44. The SMILES string of the molecule is CC(C)c1nn(-c2noc(C3CCN(C)CC3)n2)c2c(F)cccc12. The van der Waals surface area contributed by atoms with Gasteiger partial charge in [0.05, 0.1) is 5.69 Å². The minimum absolute atomic E-state index is 0.172. The van der Waals surface area contributed by atoms with Gasteiger partial charge in [-0.2, -0.15) is 14.8 Å². The van der Waals surface area contributed by atoms with E-state index in [0.717, 1.165) is 37.0 Å². The molecular weight excluding hydrogens is 321 g/mol. The molecule has 0 N–H and O–H groups in total. The van der Waals surface area contributed by atoms with E-state index in [4.69, 9.17) is 4.52 Å². The minimum Gasteiger partial charge on any atom is -0.337 e. The molecule has 1 fully saturated rings. The molecule has 3 aromatic rings. The number of piperidine rings is 1. The van der Waals surface area contributed by atoms with Gasteiger partial charge < -0.3 is 9.42 Å². The number of para-hydroxylation sites is 1. The van der Waals surface area contributed by atoms with Crippen molar-refractivity contribution in [2.24, 2.45) is 0 Å². The molecule has 0 amide bonds. The summed E-state index contributed by atoms with van der Waals surface area (Å²) >= 11 is 0. The van der Waals surface area contributed by atoms with E-state index in [1.165, 1.54) is 10.7 Å². The smallest absolute Gasteiger partial charge is 0.291 e. The van der Waals surface area contributed by atoms with Crippen LogP contribution in [0.5, 0.6) is 0 Å². The van der Waals surface area contributed by atoms with Gasteiger partial charge in [-0.25, -0.2) is 4.39 Å². The summed E-state index contributed by atoms with van der Waals surface area (Å²) in [6.45, 7) is 6.10. The Morgan fingerprint density at radius 3 is 2.72 bits per heavy atom. The van der Waals surface area contributed by atoms with Gasteiger partial charge in [-0.1, -0.05) is 26.0 Å². The molecule has 0 spiro atoms. The average molecular weight is 343 g/mol. The molecule has 3 heterocycles. The van der Waals surface area contributed by atoms with Crippen molar-refractivity contribution >= 4 is 10.9 Å². The molecule has 0 unspecified atom stereocenters. The van der Waals surface area contributed by atoms with Crippen LogP contribution in [0.25, 0.3) is 16.9 Å². The second-order valence-corrected chi connectivity index (χ2v) is 7.10. The molecule has 1 aliphatic rings. The molecule has 7 heteroatoms. The fourth-order valence-electron chi connectivity index (χ4n) is 3.45. The van der Waals surface area contributed by atoms with E-state index < -0.39 is 0 Å². The van der Waals surface area contributed by atoms with Crippen LogP contribution in [-0.4, -0.2) is 45.0 Å². The second-order valence-electron chi connectivity index (χ2n) is 7.10. The Balaban J connectivity index is 1.75. The largest absolute Gasteiger partial charge is 0.337 e. The summed E-state index contributed by atoms with van der Waals surface area (Å²) in [5.41, 5.74) is 1.24. The van der Waals surface area contributed by atoms with Crippen molar-refractivity contribution < 1.29 is 8.91 Å². The number of fused-ring (bicyclic) bond motifs is 1. The lowest BCUT2D eigenvalue weighted by Gasteiger charge is -2.26. The molecule has 0 radical (unpaired) electrons. The molecule has 6 nitrogen and oxygen atoms in total. The predicted octanol–water partition coefficient (Wildman–Crippen LogP) is 3.48. The number of rotatable bonds is 3. The van der Waals surface area contributed by atoms with Gasteiger partial charge in [0.25, 0.3) is 5.95 Å². The van der Waals surface area contributed by atoms with Crippen LogP contribution in [0.15, 0.2) is 22.7 Å². The number of likely N-dealkylation sites (tertiary alicyclic amines) is 1. The molecule has 1 aliphatic heterocycles. The molecule has 25 heavy (non-hydrogen) atoms. The summed E-state index contributed by atoms with van der Waals surface area (Å²) in [6.07, 6.45) is 1.98. The van der Waals surface area contributed by atoms with E-state index in [1.807, 2.05) is 19.9 Å². The maximum atomic E-state index is 14.5. The Morgan fingerprint density at radius 2 is 2.00 bits per heavy atom. The Hall–Kier alpha value is -2.28. The first-order valence-electron chi connectivity index (χ1n) is 8.74. The van der Waals surface area contributed by atoms with Crippen LogP contribution >= 0.6 is 0 Å². The maximum absolute atomic E-state index is 14.5. The van der Waals surface area contributed by atoms with E-state index >= 15 is 0 Å². The number of hydrogen-bond acceptors (Lipinski definition) is 5. The van der Waals surface area contributed by atoms with E-state index in [1.54, 1.807) is 6.07 Å². The van der Waals surface area contributed by atoms with Crippen molar-refractivity contribution in [1.82, 2.24) is 24.8 Å². The van der Waals surface area contributed by atoms with Crippen LogP contribution in [0, 0.1) is 5.82 Å². The first-order chi connectivity index (χ1) is 12.0. The normalized spacial score (nSPS) is 17.0. The zero-order valence-corrected chi connectivity index (χ0v) is 14.7. The average Bonchev–Trinajstić information content (AvgIpc) is 3.20. The summed E-state index contributed by atoms with van der Waals surface area (Å²) < 4.78 is 21.4. The quantitative estimate of drug-likeness (QED) is 0.729. The van der Waals surface area contributed by atoms with Gasteiger partial charge in [0, 0.05) is 11.3 Å². The van der Waals surface area contributed by atoms with Gasteiger partial charge in [-0.05, 0) is 50.1 Å². The lowest BCUT2D eigenvalue weighted by Crippen LogP contribution is -2.29. The van der Waals surface area contributed by atoms with E-state index in [0.29, 0.717) is 17.4 Å². The predicted molar refractivity (Wildman–Crippen MR) is 92.4 cm³/mol. The van der Waals surface area contributed by atoms with Gasteiger partial charge in [0.15, 0.2) is 0 Å². The molecule has 132 valence electrons. The van der Waals surface area contributed by atoms with Crippen LogP contribution in [0.1, 0.15) is 50.1 Å². The van der Waals surface area contributed by atoms with Gasteiger partial charge in [0.1, 0.15) is 11.3 Å². The molecule has 0 aliphatic carbocycles. The van der Waals surface area contributed by atoms with Gasteiger partial charge in [-0.3, -0.25) is 0 Å². The molecule has 0 bridgehead atoms. The highest BCUT2D eigenvalue weighted by atomic mass is 19.1. The number of hydrogen-bond donors (Lipinski definition) is 0. The van der Waals surface area contributed by atoms with Crippen molar-refractivity contribution in [3.63, 3.8) is 0 Å². The van der Waals surface area contributed by atoms with Crippen LogP contribution in [-0.2, 0) is 0 Å². The maximum Gasteiger partial charge on any atom is 0.291 e. The first-order valence-corrected chi connectivity index (χ1v) is 8.74. The highest BCUT2D eigenvalue weighted by molar-refractivity contribution is 5.84. The molecular formula is C18H22FN5O. The number of benzene rings is 1. The molecule has 1 aromatic carbocycles. The summed E-state index contributed by atoms with van der Waals surface area (Å²) in [4.78, 5) is 6.82. The van der Waals surface area contributed by atoms with Crippen molar-refractivity contribution in [3.05, 3.63) is 35.6 Å². The van der Waals surface area contributed by atoms with Crippen molar-refractivity contribution in [2.75, 3.05) is 20.1 Å². The van der Waals surface area contributed by atoms with E-state index in [2.05, 4.69) is 27.2 Å². The van der Waals surface area contributed by atoms with Gasteiger partial charge >= 0.3 is 0 Å². The Morgan fingerprint density at radius 1 is 1.24 bits per heavy atom. The number of nitrogens with zero attached hydrogens (tertiary/aromatic N) is 5. The number of aromatic nitrogens is 4. The van der Waals surface area contributed by atoms with Crippen molar-refractivity contribution in [1.29, 1.82) is 0 Å². The van der Waals surface area contributed by atoms with Crippen LogP contribution in [0.2, 0.25) is 0 Å². The fourth-order valence-corrected chi connectivity index (χ4v) is 3.45. The minimum atomic E-state index is -0.331. The highest BCUT2D eigenvalue weighted by Gasteiger charge is 2.26. The van der Waals surface area contributed by atoms with Crippen LogP contribution in [0.4, 0.5) is 4.39 Å². The Bertz CT molecular complexity index is 892. The standard InChI is InChI=1S/C18H22FN5O/c1-11(2)15-13-5-4-6-14(19)16(13)24(21-15)18-20-17(25-22-18)12-7-9-23(3)10-8-12/h4-6,11-12H,7-10H2,1-3H3. The highest BCUT2D eigenvalue weighted by Crippen LogP contribution is 2.30. The van der Waals surface area contributed by atoms with Gasteiger partial charge in [-0.15, -0.1) is 0 Å². The summed E-state index contributed by atoms with van der Waals surface area (Å²) in [7, 11) is 2.11. The van der Waals surface area contributed by atoms with Crippen molar-refractivity contribution in [3.8, 4) is 5.95 Å². The Kier molecular flexibility index (Phi) is 4.03. The van der Waals surface area contributed by atoms with Gasteiger partial charge in [0.2, 0.25) is 5.89 Å². The van der Waals surface area contributed by atoms with Crippen LogP contribution < -0.4 is 0 Å². The zero-order chi connectivity index (χ0) is 17.6. The molecule has 2 aromatic heterocycles. The molecule has 4 rings (SSSR count). The lowest BCUT2D eigenvalue weighted by atomic mass is 9.97. The molecule has 1 saturated heterocycles. The Labute approximate surface area is 145 Å². The third kappa shape index (κ3) is 2.82. The zero-order valence-electron chi connectivity index (χ0n) is 14.7.